The van der Waals surface area contributed by atoms with E-state index in [-0.39, 0.29) is 5.91 Å². The van der Waals surface area contributed by atoms with Crippen LogP contribution in [0.4, 0.5) is 5.69 Å². The Hall–Kier alpha value is -1.51. The lowest BCUT2D eigenvalue weighted by Gasteiger charge is -2.06. The molecule has 3 heteroatoms. The van der Waals surface area contributed by atoms with Gasteiger partial charge in [-0.05, 0) is 37.6 Å². The highest BCUT2D eigenvalue weighted by Gasteiger charge is 2.00. The Morgan fingerprint density at radius 2 is 1.93 bits per heavy atom. The minimum absolute atomic E-state index is 0.0571. The molecule has 82 valence electrons. The number of nitrogens with one attached hydrogen (secondary N) is 1. The van der Waals surface area contributed by atoms with Crippen LogP contribution < -0.4 is 10.1 Å². The molecule has 1 aromatic carbocycles. The van der Waals surface area contributed by atoms with Crippen molar-refractivity contribution in [1.29, 1.82) is 0 Å². The van der Waals surface area contributed by atoms with E-state index >= 15 is 0 Å². The van der Waals surface area contributed by atoms with Gasteiger partial charge in [-0.25, -0.2) is 0 Å². The Kier molecular flexibility index (Phi) is 4.68. The highest BCUT2D eigenvalue weighted by atomic mass is 16.5. The third-order valence-electron chi connectivity index (χ3n) is 1.93. The first-order chi connectivity index (χ1) is 7.26. The maximum absolute atomic E-state index is 11.3. The molecule has 0 unspecified atom stereocenters. The molecular weight excluding hydrogens is 190 g/mol. The molecule has 1 N–H and O–H groups in total. The molecule has 0 aliphatic carbocycles. The molecule has 0 atom stereocenters. The smallest absolute Gasteiger partial charge is 0.224 e. The Morgan fingerprint density at radius 3 is 2.47 bits per heavy atom. The summed E-state index contributed by atoms with van der Waals surface area (Å²) in [4.78, 5) is 11.3. The Balaban J connectivity index is 2.52. The summed E-state index contributed by atoms with van der Waals surface area (Å²) in [7, 11) is 0. The van der Waals surface area contributed by atoms with E-state index in [1.807, 2.05) is 38.1 Å². The SMILES string of the molecule is CCCC(=O)Nc1ccc(OCC)cc1. The average molecular weight is 207 g/mol. The van der Waals surface area contributed by atoms with Gasteiger partial charge in [-0.1, -0.05) is 6.92 Å². The summed E-state index contributed by atoms with van der Waals surface area (Å²) in [5.41, 5.74) is 0.817. The summed E-state index contributed by atoms with van der Waals surface area (Å²) in [5.74, 6) is 0.882. The lowest BCUT2D eigenvalue weighted by atomic mass is 10.2. The predicted octanol–water partition coefficient (Wildman–Crippen LogP) is 2.82. The van der Waals surface area contributed by atoms with E-state index < -0.39 is 0 Å². The fourth-order valence-corrected chi connectivity index (χ4v) is 1.25. The maximum Gasteiger partial charge on any atom is 0.224 e. The van der Waals surface area contributed by atoms with Crippen molar-refractivity contribution in [1.82, 2.24) is 0 Å². The quantitative estimate of drug-likeness (QED) is 0.806. The maximum atomic E-state index is 11.3. The molecule has 0 aliphatic heterocycles. The van der Waals surface area contributed by atoms with Crippen molar-refractivity contribution in [3.8, 4) is 5.75 Å². The molecule has 0 fully saturated rings. The molecule has 0 heterocycles. The van der Waals surface area contributed by atoms with Gasteiger partial charge < -0.3 is 10.1 Å². The van der Waals surface area contributed by atoms with Gasteiger partial charge in [0.25, 0.3) is 0 Å². The van der Waals surface area contributed by atoms with E-state index in [2.05, 4.69) is 5.32 Å². The lowest BCUT2D eigenvalue weighted by Crippen LogP contribution is -2.10. The minimum Gasteiger partial charge on any atom is -0.494 e. The van der Waals surface area contributed by atoms with Crippen LogP contribution in [-0.4, -0.2) is 12.5 Å². The van der Waals surface area contributed by atoms with E-state index in [1.165, 1.54) is 0 Å². The van der Waals surface area contributed by atoms with Gasteiger partial charge in [-0.15, -0.1) is 0 Å². The zero-order chi connectivity index (χ0) is 11.1. The highest BCUT2D eigenvalue weighted by molar-refractivity contribution is 5.90. The molecule has 0 radical (unpaired) electrons. The van der Waals surface area contributed by atoms with Crippen LogP contribution >= 0.6 is 0 Å². The molecule has 1 rings (SSSR count). The second kappa shape index (κ2) is 6.06. The summed E-state index contributed by atoms with van der Waals surface area (Å²) in [6.45, 7) is 4.58. The fourth-order valence-electron chi connectivity index (χ4n) is 1.25. The van der Waals surface area contributed by atoms with E-state index in [0.717, 1.165) is 17.9 Å². The third-order valence-corrected chi connectivity index (χ3v) is 1.93. The number of carbonyl (C=O) groups excluding carboxylic acids is 1. The third kappa shape index (κ3) is 4.02. The molecule has 0 saturated carbocycles. The van der Waals surface area contributed by atoms with Gasteiger partial charge >= 0.3 is 0 Å². The first-order valence-electron chi connectivity index (χ1n) is 5.29. The van der Waals surface area contributed by atoms with Crippen molar-refractivity contribution in [2.24, 2.45) is 0 Å². The zero-order valence-corrected chi connectivity index (χ0v) is 9.25. The van der Waals surface area contributed by atoms with Gasteiger partial charge in [0, 0.05) is 12.1 Å². The van der Waals surface area contributed by atoms with Crippen LogP contribution in [0.25, 0.3) is 0 Å². The summed E-state index contributed by atoms with van der Waals surface area (Å²) in [6.07, 6.45) is 1.43. The number of benzene rings is 1. The standard InChI is InChI=1S/C12H17NO2/c1-3-5-12(14)13-10-6-8-11(9-7-10)15-4-2/h6-9H,3-5H2,1-2H3,(H,13,14). The van der Waals surface area contributed by atoms with Crippen LogP contribution in [0.1, 0.15) is 26.7 Å². The van der Waals surface area contributed by atoms with E-state index in [1.54, 1.807) is 0 Å². The number of rotatable bonds is 5. The second-order valence-corrected chi connectivity index (χ2v) is 3.26. The first kappa shape index (κ1) is 11.6. The fraction of sp³-hybridized carbons (Fsp3) is 0.417. The van der Waals surface area contributed by atoms with Crippen molar-refractivity contribution in [2.75, 3.05) is 11.9 Å². The molecule has 15 heavy (non-hydrogen) atoms. The van der Waals surface area contributed by atoms with Gasteiger partial charge in [0.15, 0.2) is 0 Å². The number of amides is 1. The molecule has 1 aromatic rings. The number of carbonyl (C=O) groups is 1. The van der Waals surface area contributed by atoms with Crippen molar-refractivity contribution in [3.63, 3.8) is 0 Å². The van der Waals surface area contributed by atoms with Gasteiger partial charge in [0.05, 0.1) is 6.61 Å². The van der Waals surface area contributed by atoms with Crippen LogP contribution in [0.3, 0.4) is 0 Å². The van der Waals surface area contributed by atoms with Crippen molar-refractivity contribution in [3.05, 3.63) is 24.3 Å². The molecule has 0 spiro atoms. The van der Waals surface area contributed by atoms with Crippen LogP contribution in [0.2, 0.25) is 0 Å². The molecule has 0 aliphatic rings. The lowest BCUT2D eigenvalue weighted by molar-refractivity contribution is -0.116. The highest BCUT2D eigenvalue weighted by Crippen LogP contribution is 2.15. The van der Waals surface area contributed by atoms with Crippen LogP contribution in [-0.2, 0) is 4.79 Å². The van der Waals surface area contributed by atoms with Gasteiger partial charge in [-0.3, -0.25) is 4.79 Å². The Morgan fingerprint density at radius 1 is 1.27 bits per heavy atom. The molecule has 1 amide bonds. The number of hydrogen-bond donors (Lipinski definition) is 1. The summed E-state index contributed by atoms with van der Waals surface area (Å²) >= 11 is 0. The molecule has 3 nitrogen and oxygen atoms in total. The van der Waals surface area contributed by atoms with E-state index in [0.29, 0.717) is 13.0 Å². The summed E-state index contributed by atoms with van der Waals surface area (Å²) in [5, 5.41) is 2.82. The Bertz CT molecular complexity index is 306. The van der Waals surface area contributed by atoms with Crippen LogP contribution in [0.5, 0.6) is 5.75 Å². The average Bonchev–Trinajstić information content (AvgIpc) is 2.22. The predicted molar refractivity (Wildman–Crippen MR) is 61.1 cm³/mol. The van der Waals surface area contributed by atoms with Crippen molar-refractivity contribution < 1.29 is 9.53 Å². The molecular formula is C12H17NO2. The minimum atomic E-state index is 0.0571. The monoisotopic (exact) mass is 207 g/mol. The van der Waals surface area contributed by atoms with Crippen LogP contribution in [0.15, 0.2) is 24.3 Å². The zero-order valence-electron chi connectivity index (χ0n) is 9.25. The molecule has 0 bridgehead atoms. The number of ether oxygens (including phenoxy) is 1. The van der Waals surface area contributed by atoms with E-state index in [9.17, 15) is 4.79 Å². The first-order valence-corrected chi connectivity index (χ1v) is 5.29. The van der Waals surface area contributed by atoms with Gasteiger partial charge in [-0.2, -0.15) is 0 Å². The summed E-state index contributed by atoms with van der Waals surface area (Å²) in [6, 6.07) is 7.40. The Labute approximate surface area is 90.4 Å². The van der Waals surface area contributed by atoms with Gasteiger partial charge in [0.1, 0.15) is 5.75 Å². The largest absolute Gasteiger partial charge is 0.494 e. The summed E-state index contributed by atoms with van der Waals surface area (Å²) < 4.78 is 5.30. The molecule has 0 saturated heterocycles. The van der Waals surface area contributed by atoms with Crippen LogP contribution in [0, 0.1) is 0 Å². The van der Waals surface area contributed by atoms with Crippen molar-refractivity contribution >= 4 is 11.6 Å². The number of hydrogen-bond acceptors (Lipinski definition) is 2. The normalized spacial score (nSPS) is 9.73. The second-order valence-electron chi connectivity index (χ2n) is 3.26. The van der Waals surface area contributed by atoms with Crippen molar-refractivity contribution in [2.45, 2.75) is 26.7 Å². The van der Waals surface area contributed by atoms with Gasteiger partial charge in [0.2, 0.25) is 5.91 Å². The van der Waals surface area contributed by atoms with E-state index in [4.69, 9.17) is 4.74 Å². The number of anilines is 1. The topological polar surface area (TPSA) is 38.3 Å². The molecule has 0 aromatic heterocycles.